The molecular formula is C27H33N3O3S. The Hall–Kier alpha value is -2.93. The van der Waals surface area contributed by atoms with E-state index in [0.29, 0.717) is 40.3 Å². The Morgan fingerprint density at radius 2 is 1.74 bits per heavy atom. The van der Waals surface area contributed by atoms with Gasteiger partial charge in [-0.2, -0.15) is 0 Å². The number of benzene rings is 2. The van der Waals surface area contributed by atoms with Crippen LogP contribution in [0, 0.1) is 19.8 Å². The van der Waals surface area contributed by atoms with Crippen molar-refractivity contribution in [2.24, 2.45) is 5.92 Å². The van der Waals surface area contributed by atoms with Crippen LogP contribution in [0.1, 0.15) is 66.0 Å². The van der Waals surface area contributed by atoms with Crippen LogP contribution in [0.4, 0.5) is 0 Å². The number of ketones is 1. The lowest BCUT2D eigenvalue weighted by atomic mass is 10.0. The molecule has 0 aliphatic carbocycles. The molecule has 2 aromatic carbocycles. The van der Waals surface area contributed by atoms with E-state index in [1.807, 2.05) is 59.7 Å². The second-order valence-electron chi connectivity index (χ2n) is 9.12. The normalized spacial score (nSPS) is 12.2. The van der Waals surface area contributed by atoms with Crippen LogP contribution in [0.25, 0.3) is 10.9 Å². The molecule has 0 saturated carbocycles. The molecule has 0 unspecified atom stereocenters. The van der Waals surface area contributed by atoms with Crippen LogP contribution < -0.4 is 10.9 Å². The number of carbonyl (C=O) groups excluding carboxylic acids is 2. The lowest BCUT2D eigenvalue weighted by molar-refractivity contribution is 0.0952. The molecule has 7 heteroatoms. The third-order valence-corrected chi connectivity index (χ3v) is 6.80. The number of thioether (sulfide) groups is 1. The first-order chi connectivity index (χ1) is 16.1. The molecule has 6 nitrogen and oxygen atoms in total. The zero-order chi connectivity index (χ0) is 25.0. The molecule has 0 fully saturated rings. The number of amides is 1. The molecule has 3 aromatic rings. The van der Waals surface area contributed by atoms with E-state index in [4.69, 9.17) is 4.98 Å². The molecule has 1 N–H and O–H groups in total. The van der Waals surface area contributed by atoms with Gasteiger partial charge in [0.2, 0.25) is 0 Å². The quantitative estimate of drug-likeness (QED) is 0.260. The SMILES string of the molecule is CCCNC(=O)c1ccc2c(=O)n(CC(C)C)c(S[C@H](C)C(=O)c3ccc(C)c(C)c3)nc2c1. The van der Waals surface area contributed by atoms with Gasteiger partial charge in [-0.25, -0.2) is 4.98 Å². The number of Topliss-reactive ketones (excluding diaryl/α,β-unsaturated/α-hetero) is 1. The number of rotatable bonds is 9. The molecule has 1 amide bonds. The van der Waals surface area contributed by atoms with Crippen LogP contribution in [0.3, 0.4) is 0 Å². The van der Waals surface area contributed by atoms with Gasteiger partial charge < -0.3 is 5.32 Å². The second kappa shape index (κ2) is 11.0. The first-order valence-corrected chi connectivity index (χ1v) is 12.6. The maximum atomic E-state index is 13.4. The van der Waals surface area contributed by atoms with E-state index in [1.165, 1.54) is 11.8 Å². The highest BCUT2D eigenvalue weighted by Crippen LogP contribution is 2.26. The van der Waals surface area contributed by atoms with Gasteiger partial charge in [0.15, 0.2) is 10.9 Å². The molecule has 0 spiro atoms. The van der Waals surface area contributed by atoms with Gasteiger partial charge in [0.25, 0.3) is 11.5 Å². The van der Waals surface area contributed by atoms with Crippen LogP contribution >= 0.6 is 11.8 Å². The Bertz CT molecular complexity index is 1280. The molecule has 34 heavy (non-hydrogen) atoms. The second-order valence-corrected chi connectivity index (χ2v) is 10.4. The van der Waals surface area contributed by atoms with E-state index < -0.39 is 5.25 Å². The van der Waals surface area contributed by atoms with Crippen LogP contribution in [-0.2, 0) is 6.54 Å². The molecule has 0 saturated heterocycles. The average Bonchev–Trinajstić information content (AvgIpc) is 2.80. The van der Waals surface area contributed by atoms with Crippen molar-refractivity contribution in [3.8, 4) is 0 Å². The lowest BCUT2D eigenvalue weighted by Gasteiger charge is -2.18. The van der Waals surface area contributed by atoms with E-state index in [1.54, 1.807) is 22.8 Å². The van der Waals surface area contributed by atoms with Gasteiger partial charge in [-0.15, -0.1) is 0 Å². The average molecular weight is 480 g/mol. The number of hydrogen-bond acceptors (Lipinski definition) is 5. The predicted octanol–water partition coefficient (Wildman–Crippen LogP) is 5.17. The van der Waals surface area contributed by atoms with Gasteiger partial charge in [-0.1, -0.05) is 44.7 Å². The lowest BCUT2D eigenvalue weighted by Crippen LogP contribution is -2.27. The minimum absolute atomic E-state index is 0.00811. The van der Waals surface area contributed by atoms with Crippen molar-refractivity contribution in [3.63, 3.8) is 0 Å². The molecule has 0 aliphatic rings. The van der Waals surface area contributed by atoms with E-state index in [-0.39, 0.29) is 23.2 Å². The molecular weight excluding hydrogens is 446 g/mol. The van der Waals surface area contributed by atoms with E-state index in [9.17, 15) is 14.4 Å². The largest absolute Gasteiger partial charge is 0.352 e. The monoisotopic (exact) mass is 479 g/mol. The Balaban J connectivity index is 2.02. The fourth-order valence-electron chi connectivity index (χ4n) is 3.64. The van der Waals surface area contributed by atoms with Crippen LogP contribution in [0.5, 0.6) is 0 Å². The number of hydrogen-bond donors (Lipinski definition) is 1. The molecule has 1 aromatic heterocycles. The van der Waals surface area contributed by atoms with E-state index in [2.05, 4.69) is 5.32 Å². The summed E-state index contributed by atoms with van der Waals surface area (Å²) in [4.78, 5) is 43.7. The van der Waals surface area contributed by atoms with Crippen molar-refractivity contribution >= 4 is 34.4 Å². The van der Waals surface area contributed by atoms with Crippen molar-refractivity contribution in [2.45, 2.75) is 64.9 Å². The van der Waals surface area contributed by atoms with Crippen LogP contribution in [-0.4, -0.2) is 33.0 Å². The summed E-state index contributed by atoms with van der Waals surface area (Å²) in [5.41, 5.74) is 3.62. The standard InChI is InChI=1S/C27H33N3O3S/c1-7-12-28-25(32)21-10-11-22-23(14-21)29-27(30(26(22)33)15-16(2)3)34-19(6)24(31)20-9-8-17(4)18(5)13-20/h8-11,13-14,16,19H,7,12,15H2,1-6H3,(H,28,32)/t19-/m1/s1. The highest BCUT2D eigenvalue weighted by molar-refractivity contribution is 8.00. The highest BCUT2D eigenvalue weighted by atomic mass is 32.2. The fraction of sp³-hybridized carbons (Fsp3) is 0.407. The number of nitrogens with zero attached hydrogens (tertiary/aromatic N) is 2. The van der Waals surface area contributed by atoms with Gasteiger partial charge in [-0.3, -0.25) is 19.0 Å². The van der Waals surface area contributed by atoms with Crippen LogP contribution in [0.15, 0.2) is 46.3 Å². The summed E-state index contributed by atoms with van der Waals surface area (Å²) in [6.45, 7) is 13.0. The fourth-order valence-corrected chi connectivity index (χ4v) is 4.63. The summed E-state index contributed by atoms with van der Waals surface area (Å²) in [6.07, 6.45) is 0.838. The third kappa shape index (κ3) is 5.76. The smallest absolute Gasteiger partial charge is 0.262 e. The van der Waals surface area contributed by atoms with Gasteiger partial charge in [0.05, 0.1) is 16.2 Å². The van der Waals surface area contributed by atoms with Crippen molar-refractivity contribution < 1.29 is 9.59 Å². The van der Waals surface area contributed by atoms with Crippen molar-refractivity contribution in [1.29, 1.82) is 0 Å². The molecule has 0 aliphatic heterocycles. The first-order valence-electron chi connectivity index (χ1n) is 11.7. The maximum absolute atomic E-state index is 13.4. The summed E-state index contributed by atoms with van der Waals surface area (Å²) in [7, 11) is 0. The molecule has 1 heterocycles. The maximum Gasteiger partial charge on any atom is 0.262 e. The van der Waals surface area contributed by atoms with Gasteiger partial charge >= 0.3 is 0 Å². The van der Waals surface area contributed by atoms with Crippen molar-refractivity contribution in [2.75, 3.05) is 6.54 Å². The Kier molecular flexibility index (Phi) is 8.31. The number of nitrogens with one attached hydrogen (secondary N) is 1. The zero-order valence-electron chi connectivity index (χ0n) is 20.8. The Morgan fingerprint density at radius 3 is 2.38 bits per heavy atom. The molecule has 180 valence electrons. The highest BCUT2D eigenvalue weighted by Gasteiger charge is 2.22. The molecule has 1 atom stereocenters. The minimum atomic E-state index is -0.430. The summed E-state index contributed by atoms with van der Waals surface area (Å²) >= 11 is 1.28. The van der Waals surface area contributed by atoms with E-state index in [0.717, 1.165) is 17.5 Å². The predicted molar refractivity (Wildman–Crippen MR) is 139 cm³/mol. The summed E-state index contributed by atoms with van der Waals surface area (Å²) < 4.78 is 1.65. The minimum Gasteiger partial charge on any atom is -0.352 e. The molecule has 0 radical (unpaired) electrons. The number of carbonyl (C=O) groups is 2. The summed E-state index contributed by atoms with van der Waals surface area (Å²) in [5, 5.41) is 3.38. The van der Waals surface area contributed by atoms with Gasteiger partial charge in [0.1, 0.15) is 0 Å². The molecule has 3 rings (SSSR count). The van der Waals surface area contributed by atoms with Crippen molar-refractivity contribution in [3.05, 3.63) is 69.0 Å². The van der Waals surface area contributed by atoms with Gasteiger partial charge in [0, 0.05) is 24.2 Å². The van der Waals surface area contributed by atoms with Gasteiger partial charge in [-0.05, 0) is 68.5 Å². The first kappa shape index (κ1) is 25.7. The number of aryl methyl sites for hydroxylation is 2. The Labute approximate surface area is 205 Å². The number of fused-ring (bicyclic) bond motifs is 1. The van der Waals surface area contributed by atoms with Crippen molar-refractivity contribution in [1.82, 2.24) is 14.9 Å². The summed E-state index contributed by atoms with van der Waals surface area (Å²) in [6, 6.07) is 10.7. The van der Waals surface area contributed by atoms with E-state index >= 15 is 0 Å². The zero-order valence-corrected chi connectivity index (χ0v) is 21.6. The molecule has 0 bridgehead atoms. The topological polar surface area (TPSA) is 81.1 Å². The Morgan fingerprint density at radius 1 is 1.03 bits per heavy atom. The third-order valence-electron chi connectivity index (χ3n) is 5.71. The van der Waals surface area contributed by atoms with Crippen LogP contribution in [0.2, 0.25) is 0 Å². The number of aromatic nitrogens is 2. The summed E-state index contributed by atoms with van der Waals surface area (Å²) in [5.74, 6) is 0.0248.